The van der Waals surface area contributed by atoms with E-state index in [-0.39, 0.29) is 42.4 Å². The van der Waals surface area contributed by atoms with E-state index in [0.717, 1.165) is 12.3 Å². The summed E-state index contributed by atoms with van der Waals surface area (Å²) >= 11 is 0. The highest BCUT2D eigenvalue weighted by atomic mass is 31.1. The third kappa shape index (κ3) is 7.91. The number of carbonyl (C=O) groups is 1. The summed E-state index contributed by atoms with van der Waals surface area (Å²) in [6.07, 6.45) is 2.06. The highest BCUT2D eigenvalue weighted by Crippen LogP contribution is 2.62. The fourth-order valence-electron chi connectivity index (χ4n) is 4.51. The Kier molecular flexibility index (Phi) is 8.81. The van der Waals surface area contributed by atoms with Crippen LogP contribution in [0.1, 0.15) is 105 Å². The molecule has 1 rings (SSSR count). The monoisotopic (exact) mass is 452 g/mol. The highest BCUT2D eigenvalue weighted by molar-refractivity contribution is 7.60. The molecular formula is C26H46O2P2. The predicted octanol–water partition coefficient (Wildman–Crippen LogP) is 8.63. The van der Waals surface area contributed by atoms with Gasteiger partial charge in [-0.25, -0.2) is 4.79 Å². The van der Waals surface area contributed by atoms with Crippen molar-refractivity contribution >= 4 is 21.8 Å². The van der Waals surface area contributed by atoms with E-state index < -0.39 is 0 Å². The summed E-state index contributed by atoms with van der Waals surface area (Å²) in [6.45, 7) is 28.3. The quantitative estimate of drug-likeness (QED) is 0.330. The van der Waals surface area contributed by atoms with Gasteiger partial charge in [-0.3, -0.25) is 0 Å². The summed E-state index contributed by atoms with van der Waals surface area (Å²) in [4.78, 5) is 12.5. The Morgan fingerprint density at radius 2 is 0.967 bits per heavy atom. The Labute approximate surface area is 189 Å². The van der Waals surface area contributed by atoms with E-state index in [4.69, 9.17) is 4.74 Å². The molecule has 0 fully saturated rings. The molecule has 1 aromatic carbocycles. The minimum absolute atomic E-state index is 0.232. The van der Waals surface area contributed by atoms with Crippen molar-refractivity contribution in [1.82, 2.24) is 0 Å². The second-order valence-electron chi connectivity index (χ2n) is 12.4. The minimum Gasteiger partial charge on any atom is -0.465 e. The Morgan fingerprint density at radius 1 is 0.667 bits per heavy atom. The normalized spacial score (nSPS) is 13.8. The van der Waals surface area contributed by atoms with E-state index in [1.54, 1.807) is 0 Å². The molecular weight excluding hydrogens is 406 g/mol. The number of rotatable bonds is 5. The van der Waals surface area contributed by atoms with E-state index in [1.165, 1.54) is 18.2 Å². The summed E-state index contributed by atoms with van der Waals surface area (Å²) < 4.78 is 5.10. The van der Waals surface area contributed by atoms with Crippen LogP contribution in [0.5, 0.6) is 0 Å². The van der Waals surface area contributed by atoms with Crippen LogP contribution in [0.4, 0.5) is 0 Å². The van der Waals surface area contributed by atoms with Crippen LogP contribution in [0.3, 0.4) is 0 Å². The lowest BCUT2D eigenvalue weighted by molar-refractivity contribution is 0.0600. The third-order valence-corrected chi connectivity index (χ3v) is 13.2. The van der Waals surface area contributed by atoms with Crippen LogP contribution >= 0.6 is 15.8 Å². The van der Waals surface area contributed by atoms with Crippen molar-refractivity contribution in [2.24, 2.45) is 0 Å². The Bertz CT molecular complexity index is 645. The lowest BCUT2D eigenvalue weighted by atomic mass is 10.1. The first-order chi connectivity index (χ1) is 13.3. The molecule has 0 heterocycles. The van der Waals surface area contributed by atoms with Crippen molar-refractivity contribution in [3.05, 3.63) is 34.9 Å². The van der Waals surface area contributed by atoms with Crippen LogP contribution in [0.25, 0.3) is 0 Å². The maximum atomic E-state index is 12.5. The molecule has 0 N–H and O–H groups in total. The zero-order valence-electron chi connectivity index (χ0n) is 21.9. The van der Waals surface area contributed by atoms with Gasteiger partial charge in [-0.15, -0.1) is 0 Å². The molecule has 172 valence electrons. The fourth-order valence-corrected chi connectivity index (χ4v) is 11.5. The number of hydrogen-bond donors (Lipinski definition) is 0. The summed E-state index contributed by atoms with van der Waals surface area (Å²) in [7, 11) is 0.916. The number of methoxy groups -OCH3 is 1. The molecule has 0 aliphatic heterocycles. The average molecular weight is 453 g/mol. The minimum atomic E-state index is -0.280. The molecule has 0 bridgehead atoms. The van der Waals surface area contributed by atoms with Gasteiger partial charge < -0.3 is 4.74 Å². The molecule has 0 spiro atoms. The van der Waals surface area contributed by atoms with E-state index >= 15 is 0 Å². The molecule has 0 atom stereocenters. The molecule has 2 nitrogen and oxygen atoms in total. The zero-order chi connectivity index (χ0) is 23.7. The second kappa shape index (κ2) is 9.58. The van der Waals surface area contributed by atoms with Crippen LogP contribution in [0, 0.1) is 0 Å². The van der Waals surface area contributed by atoms with Gasteiger partial charge in [-0.2, -0.15) is 0 Å². The van der Waals surface area contributed by atoms with Gasteiger partial charge in [-0.1, -0.05) is 105 Å². The van der Waals surface area contributed by atoms with Gasteiger partial charge in [0.1, 0.15) is 0 Å². The van der Waals surface area contributed by atoms with Gasteiger partial charge in [0.2, 0.25) is 0 Å². The van der Waals surface area contributed by atoms with E-state index in [0.29, 0.717) is 5.56 Å². The molecule has 0 aliphatic rings. The number of esters is 1. The molecule has 1 aromatic rings. The molecule has 0 amide bonds. The lowest BCUT2D eigenvalue weighted by Crippen LogP contribution is -2.26. The summed E-state index contributed by atoms with van der Waals surface area (Å²) in [6, 6.07) is 6.50. The van der Waals surface area contributed by atoms with Crippen molar-refractivity contribution in [1.29, 1.82) is 0 Å². The lowest BCUT2D eigenvalue weighted by Gasteiger charge is -2.42. The molecule has 0 aliphatic carbocycles. The van der Waals surface area contributed by atoms with Gasteiger partial charge in [0.05, 0.1) is 12.7 Å². The fraction of sp³-hybridized carbons (Fsp3) is 0.731. The predicted molar refractivity (Wildman–Crippen MR) is 138 cm³/mol. The van der Waals surface area contributed by atoms with Crippen LogP contribution in [0.15, 0.2) is 18.2 Å². The SMILES string of the molecule is COC(=O)c1cc(CP(C(C)(C)C)C(C)(C)C)cc(CP(C(C)(C)C)C(C)(C)C)c1. The molecule has 0 saturated carbocycles. The summed E-state index contributed by atoms with van der Waals surface area (Å²) in [5.41, 5.74) is 3.25. The first-order valence-corrected chi connectivity index (χ1v) is 14.1. The largest absolute Gasteiger partial charge is 0.465 e. The van der Waals surface area contributed by atoms with Crippen LogP contribution < -0.4 is 0 Å². The summed E-state index contributed by atoms with van der Waals surface area (Å²) in [5.74, 6) is -0.232. The molecule has 4 heteroatoms. The van der Waals surface area contributed by atoms with Gasteiger partial charge in [-0.05, 0) is 56.2 Å². The first-order valence-electron chi connectivity index (χ1n) is 11.0. The number of benzene rings is 1. The zero-order valence-corrected chi connectivity index (χ0v) is 23.6. The van der Waals surface area contributed by atoms with Gasteiger partial charge in [0.15, 0.2) is 0 Å². The average Bonchev–Trinajstić information content (AvgIpc) is 2.52. The van der Waals surface area contributed by atoms with Gasteiger partial charge >= 0.3 is 5.97 Å². The van der Waals surface area contributed by atoms with Gasteiger partial charge in [0.25, 0.3) is 0 Å². The number of ether oxygens (including phenoxy) is 1. The van der Waals surface area contributed by atoms with Crippen molar-refractivity contribution in [3.8, 4) is 0 Å². The number of carbonyl (C=O) groups excluding carboxylic acids is 1. The molecule has 0 radical (unpaired) electrons. The maximum absolute atomic E-state index is 12.5. The topological polar surface area (TPSA) is 26.3 Å². The van der Waals surface area contributed by atoms with E-state index in [2.05, 4.69) is 101 Å². The second-order valence-corrected chi connectivity index (χ2v) is 20.1. The standard InChI is InChI=1S/C26H46O2P2/c1-23(2,3)29(24(4,5)6)17-19-14-20(16-21(15-19)22(27)28-13)18-30(25(7,8)9)26(10,11)12/h14-16H,17-18H2,1-13H3. The van der Waals surface area contributed by atoms with Crippen molar-refractivity contribution in [2.45, 2.75) is 116 Å². The van der Waals surface area contributed by atoms with E-state index in [9.17, 15) is 4.79 Å². The van der Waals surface area contributed by atoms with Crippen molar-refractivity contribution < 1.29 is 9.53 Å². The van der Waals surface area contributed by atoms with E-state index in [1.807, 2.05) is 0 Å². The molecule has 30 heavy (non-hydrogen) atoms. The third-order valence-electron chi connectivity index (χ3n) is 5.39. The Morgan fingerprint density at radius 3 is 1.20 bits per heavy atom. The molecule has 0 aromatic heterocycles. The highest BCUT2D eigenvalue weighted by Gasteiger charge is 2.36. The van der Waals surface area contributed by atoms with Crippen molar-refractivity contribution in [2.75, 3.05) is 7.11 Å². The van der Waals surface area contributed by atoms with Gasteiger partial charge in [0, 0.05) is 0 Å². The number of hydrogen-bond acceptors (Lipinski definition) is 2. The summed E-state index contributed by atoms with van der Waals surface area (Å²) in [5, 5.41) is 0.994. The van der Waals surface area contributed by atoms with Crippen molar-refractivity contribution in [3.63, 3.8) is 0 Å². The smallest absolute Gasteiger partial charge is 0.337 e. The Hall–Kier alpha value is -0.450. The van der Waals surface area contributed by atoms with Crippen LogP contribution in [-0.2, 0) is 17.1 Å². The van der Waals surface area contributed by atoms with Crippen LogP contribution in [-0.4, -0.2) is 33.7 Å². The molecule has 0 unspecified atom stereocenters. The Balaban J connectivity index is 3.48. The maximum Gasteiger partial charge on any atom is 0.337 e. The van der Waals surface area contributed by atoms with Crippen LogP contribution in [0.2, 0.25) is 0 Å². The first kappa shape index (κ1) is 27.6. The molecule has 0 saturated heterocycles.